The molecule has 23 heavy (non-hydrogen) atoms. The van der Waals surface area contributed by atoms with Crippen LogP contribution in [0.25, 0.3) is 0 Å². The Labute approximate surface area is 137 Å². The van der Waals surface area contributed by atoms with Crippen LogP contribution in [0.15, 0.2) is 36.7 Å². The first-order valence-corrected chi connectivity index (χ1v) is 8.29. The van der Waals surface area contributed by atoms with E-state index < -0.39 is 0 Å². The number of imidazole rings is 1. The number of aryl methyl sites for hydroxylation is 1. The van der Waals surface area contributed by atoms with Crippen LogP contribution < -0.4 is 10.1 Å². The molecule has 0 saturated heterocycles. The van der Waals surface area contributed by atoms with Gasteiger partial charge in [-0.25, -0.2) is 4.98 Å². The standard InChI is InChI=1S/C18H25N3O2/c1-22-11-12-23-17-6-4-15(5-7-17)13-19-14-16-3-2-9-21-10-8-20-18(16)21/h4-8,10,16,19H,2-3,9,11-14H2,1H3. The van der Waals surface area contributed by atoms with E-state index in [-0.39, 0.29) is 0 Å². The van der Waals surface area contributed by atoms with E-state index in [1.54, 1.807) is 7.11 Å². The number of aromatic nitrogens is 2. The van der Waals surface area contributed by atoms with Gasteiger partial charge in [0.2, 0.25) is 0 Å². The molecule has 1 unspecified atom stereocenters. The van der Waals surface area contributed by atoms with Gasteiger partial charge >= 0.3 is 0 Å². The van der Waals surface area contributed by atoms with E-state index in [9.17, 15) is 0 Å². The van der Waals surface area contributed by atoms with Crippen molar-refractivity contribution in [1.82, 2.24) is 14.9 Å². The fourth-order valence-corrected chi connectivity index (χ4v) is 3.04. The van der Waals surface area contributed by atoms with Gasteiger partial charge in [-0.05, 0) is 30.5 Å². The molecule has 1 atom stereocenters. The van der Waals surface area contributed by atoms with Crippen LogP contribution in [0.5, 0.6) is 5.75 Å². The molecule has 0 saturated carbocycles. The molecule has 5 nitrogen and oxygen atoms in total. The quantitative estimate of drug-likeness (QED) is 0.761. The number of benzene rings is 1. The maximum absolute atomic E-state index is 5.57. The van der Waals surface area contributed by atoms with Gasteiger partial charge < -0.3 is 19.4 Å². The van der Waals surface area contributed by atoms with Crippen LogP contribution >= 0.6 is 0 Å². The van der Waals surface area contributed by atoms with Gasteiger partial charge in [-0.2, -0.15) is 0 Å². The number of rotatable bonds is 8. The molecule has 3 rings (SSSR count). The highest BCUT2D eigenvalue weighted by Crippen LogP contribution is 2.24. The van der Waals surface area contributed by atoms with Gasteiger partial charge in [0.05, 0.1) is 6.61 Å². The molecule has 1 aliphatic rings. The number of ether oxygens (including phenoxy) is 2. The van der Waals surface area contributed by atoms with Gasteiger partial charge in [-0.3, -0.25) is 0 Å². The summed E-state index contributed by atoms with van der Waals surface area (Å²) in [6.07, 6.45) is 6.46. The molecule has 0 bridgehead atoms. The van der Waals surface area contributed by atoms with E-state index >= 15 is 0 Å². The Morgan fingerprint density at radius 1 is 1.26 bits per heavy atom. The minimum Gasteiger partial charge on any atom is -0.491 e. The van der Waals surface area contributed by atoms with Crippen LogP contribution in [0.2, 0.25) is 0 Å². The Balaban J connectivity index is 1.44. The van der Waals surface area contributed by atoms with E-state index in [0.717, 1.165) is 25.4 Å². The minimum absolute atomic E-state index is 0.524. The topological polar surface area (TPSA) is 48.3 Å². The Bertz CT molecular complexity index is 595. The van der Waals surface area contributed by atoms with Crippen LogP contribution in [0.3, 0.4) is 0 Å². The van der Waals surface area contributed by atoms with Crippen LogP contribution in [0.1, 0.15) is 30.1 Å². The first kappa shape index (κ1) is 16.0. The van der Waals surface area contributed by atoms with Crippen molar-refractivity contribution in [3.63, 3.8) is 0 Å². The third-order valence-electron chi connectivity index (χ3n) is 4.26. The SMILES string of the molecule is COCCOc1ccc(CNCC2CCCn3ccnc32)cc1. The fourth-order valence-electron chi connectivity index (χ4n) is 3.04. The minimum atomic E-state index is 0.524. The number of hydrogen-bond donors (Lipinski definition) is 1. The lowest BCUT2D eigenvalue weighted by molar-refractivity contribution is 0.146. The summed E-state index contributed by atoms with van der Waals surface area (Å²) in [5, 5.41) is 3.56. The second-order valence-electron chi connectivity index (χ2n) is 5.93. The van der Waals surface area contributed by atoms with Crippen molar-refractivity contribution < 1.29 is 9.47 Å². The summed E-state index contributed by atoms with van der Waals surface area (Å²) in [6, 6.07) is 8.24. The monoisotopic (exact) mass is 315 g/mol. The summed E-state index contributed by atoms with van der Waals surface area (Å²) in [7, 11) is 1.68. The van der Waals surface area contributed by atoms with Crippen LogP contribution in [0, 0.1) is 0 Å². The molecule has 1 N–H and O–H groups in total. The normalized spacial score (nSPS) is 17.0. The van der Waals surface area contributed by atoms with Crippen LogP contribution in [-0.2, 0) is 17.8 Å². The maximum atomic E-state index is 5.57. The third-order valence-corrected chi connectivity index (χ3v) is 4.26. The lowest BCUT2D eigenvalue weighted by Crippen LogP contribution is -2.26. The van der Waals surface area contributed by atoms with Crippen molar-refractivity contribution in [3.8, 4) is 5.75 Å². The number of methoxy groups -OCH3 is 1. The highest BCUT2D eigenvalue weighted by atomic mass is 16.5. The molecule has 1 aliphatic heterocycles. The van der Waals surface area contributed by atoms with Gasteiger partial charge in [0.25, 0.3) is 0 Å². The van der Waals surface area contributed by atoms with E-state index in [2.05, 4.69) is 33.2 Å². The van der Waals surface area contributed by atoms with E-state index in [1.165, 1.54) is 24.2 Å². The van der Waals surface area contributed by atoms with Crippen molar-refractivity contribution in [3.05, 3.63) is 48.0 Å². The summed E-state index contributed by atoms with van der Waals surface area (Å²) >= 11 is 0. The van der Waals surface area contributed by atoms with Gasteiger partial charge in [0, 0.05) is 45.1 Å². The molecule has 0 radical (unpaired) electrons. The number of nitrogens with one attached hydrogen (secondary N) is 1. The van der Waals surface area contributed by atoms with Gasteiger partial charge in [-0.1, -0.05) is 12.1 Å². The van der Waals surface area contributed by atoms with Crippen molar-refractivity contribution in [2.24, 2.45) is 0 Å². The van der Waals surface area contributed by atoms with Gasteiger partial charge in [-0.15, -0.1) is 0 Å². The molecule has 1 aromatic carbocycles. The fraction of sp³-hybridized carbons (Fsp3) is 0.500. The highest BCUT2D eigenvalue weighted by molar-refractivity contribution is 5.27. The molecule has 2 heterocycles. The zero-order chi connectivity index (χ0) is 15.9. The Kier molecular flexibility index (Phi) is 5.66. The Morgan fingerprint density at radius 2 is 2.13 bits per heavy atom. The molecule has 0 fully saturated rings. The van der Waals surface area contributed by atoms with Crippen molar-refractivity contribution in [1.29, 1.82) is 0 Å². The molecule has 0 amide bonds. The molecule has 2 aromatic rings. The summed E-state index contributed by atoms with van der Waals surface area (Å²) in [5.74, 6) is 2.64. The smallest absolute Gasteiger partial charge is 0.119 e. The number of fused-ring (bicyclic) bond motifs is 1. The lowest BCUT2D eigenvalue weighted by atomic mass is 9.99. The average molecular weight is 315 g/mol. The first-order chi connectivity index (χ1) is 11.4. The second-order valence-corrected chi connectivity index (χ2v) is 5.93. The lowest BCUT2D eigenvalue weighted by Gasteiger charge is -2.23. The predicted molar refractivity (Wildman–Crippen MR) is 89.7 cm³/mol. The predicted octanol–water partition coefficient (Wildman–Crippen LogP) is 2.58. The van der Waals surface area contributed by atoms with Gasteiger partial charge in [0.15, 0.2) is 0 Å². The van der Waals surface area contributed by atoms with Crippen molar-refractivity contribution >= 4 is 0 Å². The Morgan fingerprint density at radius 3 is 2.96 bits per heavy atom. The largest absolute Gasteiger partial charge is 0.491 e. The van der Waals surface area contributed by atoms with E-state index in [4.69, 9.17) is 9.47 Å². The maximum Gasteiger partial charge on any atom is 0.119 e. The summed E-state index contributed by atoms with van der Waals surface area (Å²) < 4.78 is 12.8. The summed E-state index contributed by atoms with van der Waals surface area (Å²) in [6.45, 7) is 4.15. The Hall–Kier alpha value is -1.85. The molecule has 124 valence electrons. The molecular formula is C18H25N3O2. The molecular weight excluding hydrogens is 290 g/mol. The number of nitrogens with zero attached hydrogens (tertiary/aromatic N) is 2. The molecule has 1 aromatic heterocycles. The van der Waals surface area contributed by atoms with E-state index in [1.807, 2.05) is 18.3 Å². The first-order valence-electron chi connectivity index (χ1n) is 8.29. The van der Waals surface area contributed by atoms with Gasteiger partial charge in [0.1, 0.15) is 18.2 Å². The van der Waals surface area contributed by atoms with Crippen molar-refractivity contribution in [2.45, 2.75) is 31.8 Å². The number of hydrogen-bond acceptors (Lipinski definition) is 4. The highest BCUT2D eigenvalue weighted by Gasteiger charge is 2.20. The van der Waals surface area contributed by atoms with E-state index in [0.29, 0.717) is 19.1 Å². The average Bonchev–Trinajstić information content (AvgIpc) is 3.06. The zero-order valence-corrected chi connectivity index (χ0v) is 13.7. The van der Waals surface area contributed by atoms with Crippen LogP contribution in [0.4, 0.5) is 0 Å². The molecule has 0 spiro atoms. The third kappa shape index (κ3) is 4.33. The summed E-state index contributed by atoms with van der Waals surface area (Å²) in [4.78, 5) is 4.51. The van der Waals surface area contributed by atoms with Crippen LogP contribution in [-0.4, -0.2) is 36.4 Å². The molecule has 0 aliphatic carbocycles. The summed E-state index contributed by atoms with van der Waals surface area (Å²) in [5.41, 5.74) is 1.27. The zero-order valence-electron chi connectivity index (χ0n) is 13.7. The molecule has 5 heteroatoms. The van der Waals surface area contributed by atoms with Crippen molar-refractivity contribution in [2.75, 3.05) is 26.9 Å². The second kappa shape index (κ2) is 8.13.